The first-order chi connectivity index (χ1) is 9.79. The standard InChI is InChI=1S/C15H17F3N2O/c1-8-11(9-2-3-9)7-14(21)20(8)10-4-5-13(19)12(6-10)15(16,17)18/h4-6,8-9,11H,2-3,7,19H2,1H3/t8-,11+/m0/s1. The molecule has 2 N–H and O–H groups in total. The molecule has 0 aromatic heterocycles. The number of carbonyl (C=O) groups excluding carboxylic acids is 1. The number of carbonyl (C=O) groups is 1. The normalized spacial score (nSPS) is 26.5. The van der Waals surface area contributed by atoms with Crippen LogP contribution in [0.25, 0.3) is 0 Å². The van der Waals surface area contributed by atoms with Crippen LogP contribution in [0.15, 0.2) is 18.2 Å². The van der Waals surface area contributed by atoms with Gasteiger partial charge in [0.15, 0.2) is 0 Å². The molecule has 1 aromatic rings. The number of rotatable bonds is 2. The van der Waals surface area contributed by atoms with Crippen LogP contribution in [0, 0.1) is 11.8 Å². The molecule has 0 radical (unpaired) electrons. The Labute approximate surface area is 120 Å². The van der Waals surface area contributed by atoms with Crippen molar-refractivity contribution in [3.8, 4) is 0 Å². The number of hydrogen-bond donors (Lipinski definition) is 1. The summed E-state index contributed by atoms with van der Waals surface area (Å²) in [5, 5.41) is 0. The van der Waals surface area contributed by atoms with E-state index in [2.05, 4.69) is 0 Å². The van der Waals surface area contributed by atoms with Gasteiger partial charge in [-0.3, -0.25) is 4.79 Å². The average Bonchev–Trinajstić information content (AvgIpc) is 3.17. The second kappa shape index (κ2) is 4.64. The van der Waals surface area contributed by atoms with Gasteiger partial charge in [0, 0.05) is 23.8 Å². The molecule has 1 saturated carbocycles. The van der Waals surface area contributed by atoms with Crippen LogP contribution >= 0.6 is 0 Å². The van der Waals surface area contributed by atoms with Crippen molar-refractivity contribution in [3.05, 3.63) is 23.8 Å². The first-order valence-electron chi connectivity index (χ1n) is 7.08. The molecule has 1 aromatic carbocycles. The fourth-order valence-electron chi connectivity index (χ4n) is 3.29. The summed E-state index contributed by atoms with van der Waals surface area (Å²) >= 11 is 0. The molecular weight excluding hydrogens is 281 g/mol. The largest absolute Gasteiger partial charge is 0.418 e. The summed E-state index contributed by atoms with van der Waals surface area (Å²) in [6.07, 6.45) is -1.85. The lowest BCUT2D eigenvalue weighted by atomic mass is 9.96. The van der Waals surface area contributed by atoms with Crippen molar-refractivity contribution in [2.75, 3.05) is 10.6 Å². The molecule has 3 nitrogen and oxygen atoms in total. The molecule has 114 valence electrons. The first kappa shape index (κ1) is 14.2. The van der Waals surface area contributed by atoms with E-state index in [9.17, 15) is 18.0 Å². The van der Waals surface area contributed by atoms with Crippen molar-refractivity contribution in [2.24, 2.45) is 11.8 Å². The minimum absolute atomic E-state index is 0.0605. The molecule has 1 saturated heterocycles. The lowest BCUT2D eigenvalue weighted by molar-refractivity contribution is -0.137. The van der Waals surface area contributed by atoms with Crippen LogP contribution in [-0.2, 0) is 11.0 Å². The molecule has 6 heteroatoms. The number of halogens is 3. The van der Waals surface area contributed by atoms with Crippen LogP contribution in [-0.4, -0.2) is 11.9 Å². The Morgan fingerprint density at radius 3 is 2.52 bits per heavy atom. The van der Waals surface area contributed by atoms with Gasteiger partial charge in [-0.1, -0.05) is 0 Å². The molecule has 1 aliphatic heterocycles. The second-order valence-electron chi connectivity index (χ2n) is 5.98. The molecule has 2 aliphatic rings. The molecule has 1 amide bonds. The molecule has 0 bridgehead atoms. The van der Waals surface area contributed by atoms with Gasteiger partial charge in [0.2, 0.25) is 5.91 Å². The highest BCUT2D eigenvalue weighted by atomic mass is 19.4. The third kappa shape index (κ3) is 2.47. The predicted molar refractivity (Wildman–Crippen MR) is 73.6 cm³/mol. The van der Waals surface area contributed by atoms with Gasteiger partial charge < -0.3 is 10.6 Å². The zero-order valence-corrected chi connectivity index (χ0v) is 11.7. The van der Waals surface area contributed by atoms with Gasteiger partial charge in [0.1, 0.15) is 0 Å². The van der Waals surface area contributed by atoms with E-state index >= 15 is 0 Å². The number of nitrogens with zero attached hydrogens (tertiary/aromatic N) is 1. The van der Waals surface area contributed by atoms with Crippen LogP contribution in [0.5, 0.6) is 0 Å². The molecular formula is C15H17F3N2O. The van der Waals surface area contributed by atoms with E-state index in [0.717, 1.165) is 18.9 Å². The molecule has 2 fully saturated rings. The summed E-state index contributed by atoms with van der Waals surface area (Å²) in [5.74, 6) is 0.700. The Morgan fingerprint density at radius 2 is 1.95 bits per heavy atom. The van der Waals surface area contributed by atoms with E-state index in [1.165, 1.54) is 17.0 Å². The summed E-state index contributed by atoms with van der Waals surface area (Å²) in [7, 11) is 0. The maximum Gasteiger partial charge on any atom is 0.418 e. The quantitative estimate of drug-likeness (QED) is 0.850. The topological polar surface area (TPSA) is 46.3 Å². The van der Waals surface area contributed by atoms with E-state index in [1.54, 1.807) is 0 Å². The van der Waals surface area contributed by atoms with Gasteiger partial charge in [-0.05, 0) is 49.8 Å². The van der Waals surface area contributed by atoms with E-state index in [4.69, 9.17) is 5.73 Å². The molecule has 1 aliphatic carbocycles. The minimum atomic E-state index is -4.51. The van der Waals surface area contributed by atoms with Crippen LogP contribution in [0.1, 0.15) is 31.7 Å². The molecule has 1 heterocycles. The smallest absolute Gasteiger partial charge is 0.398 e. The molecule has 0 unspecified atom stereocenters. The van der Waals surface area contributed by atoms with Crippen molar-refractivity contribution in [1.82, 2.24) is 0 Å². The Morgan fingerprint density at radius 1 is 1.29 bits per heavy atom. The van der Waals surface area contributed by atoms with Gasteiger partial charge in [0.25, 0.3) is 0 Å². The Balaban J connectivity index is 1.95. The Hall–Kier alpha value is -1.72. The zero-order valence-electron chi connectivity index (χ0n) is 11.7. The summed E-state index contributed by atoms with van der Waals surface area (Å²) in [6, 6.07) is 3.64. The third-order valence-electron chi connectivity index (χ3n) is 4.55. The predicted octanol–water partition coefficient (Wildman–Crippen LogP) is 3.44. The SMILES string of the molecule is C[C@H]1[C@H](C2CC2)CC(=O)N1c1ccc(N)c(C(F)(F)F)c1. The minimum Gasteiger partial charge on any atom is -0.398 e. The van der Waals surface area contributed by atoms with Crippen molar-refractivity contribution in [3.63, 3.8) is 0 Å². The van der Waals surface area contributed by atoms with Crippen molar-refractivity contribution >= 4 is 17.3 Å². The van der Waals surface area contributed by atoms with Gasteiger partial charge in [-0.25, -0.2) is 0 Å². The first-order valence-corrected chi connectivity index (χ1v) is 7.08. The molecule has 21 heavy (non-hydrogen) atoms. The number of nitrogen functional groups attached to an aromatic ring is 1. The highest BCUT2D eigenvalue weighted by Gasteiger charge is 2.45. The van der Waals surface area contributed by atoms with Gasteiger partial charge in [-0.2, -0.15) is 13.2 Å². The fraction of sp³-hybridized carbons (Fsp3) is 0.533. The van der Waals surface area contributed by atoms with Crippen LogP contribution in [0.2, 0.25) is 0 Å². The van der Waals surface area contributed by atoms with Crippen molar-refractivity contribution in [1.29, 1.82) is 0 Å². The Bertz CT molecular complexity index is 581. The maximum atomic E-state index is 12.9. The van der Waals surface area contributed by atoms with Crippen molar-refractivity contribution < 1.29 is 18.0 Å². The number of benzene rings is 1. The average molecular weight is 298 g/mol. The Kier molecular flexibility index (Phi) is 3.15. The van der Waals surface area contributed by atoms with E-state index in [-0.39, 0.29) is 29.2 Å². The maximum absolute atomic E-state index is 12.9. The second-order valence-corrected chi connectivity index (χ2v) is 5.98. The number of amides is 1. The van der Waals surface area contributed by atoms with Gasteiger partial charge in [0.05, 0.1) is 5.56 Å². The summed E-state index contributed by atoms with van der Waals surface area (Å²) < 4.78 is 38.8. The number of nitrogens with two attached hydrogens (primary N) is 1. The van der Waals surface area contributed by atoms with E-state index in [0.29, 0.717) is 12.3 Å². The lowest BCUT2D eigenvalue weighted by Gasteiger charge is -2.26. The summed E-state index contributed by atoms with van der Waals surface area (Å²) in [5.41, 5.74) is 4.50. The number of alkyl halides is 3. The van der Waals surface area contributed by atoms with Gasteiger partial charge in [-0.15, -0.1) is 0 Å². The molecule has 2 atom stereocenters. The van der Waals surface area contributed by atoms with Crippen LogP contribution in [0.3, 0.4) is 0 Å². The fourth-order valence-corrected chi connectivity index (χ4v) is 3.29. The number of anilines is 2. The molecule has 3 rings (SSSR count). The number of hydrogen-bond acceptors (Lipinski definition) is 2. The highest BCUT2D eigenvalue weighted by molar-refractivity contribution is 5.97. The summed E-state index contributed by atoms with van der Waals surface area (Å²) in [4.78, 5) is 13.7. The van der Waals surface area contributed by atoms with E-state index in [1.807, 2.05) is 6.92 Å². The van der Waals surface area contributed by atoms with Crippen LogP contribution in [0.4, 0.5) is 24.5 Å². The lowest BCUT2D eigenvalue weighted by Crippen LogP contribution is -2.33. The third-order valence-corrected chi connectivity index (χ3v) is 4.55. The van der Waals surface area contributed by atoms with E-state index < -0.39 is 11.7 Å². The van der Waals surface area contributed by atoms with Crippen LogP contribution < -0.4 is 10.6 Å². The zero-order chi connectivity index (χ0) is 15.4. The molecule has 0 spiro atoms. The monoisotopic (exact) mass is 298 g/mol. The van der Waals surface area contributed by atoms with Crippen molar-refractivity contribution in [2.45, 2.75) is 38.4 Å². The highest BCUT2D eigenvalue weighted by Crippen LogP contribution is 2.46. The van der Waals surface area contributed by atoms with Gasteiger partial charge >= 0.3 is 6.18 Å². The summed E-state index contributed by atoms with van der Waals surface area (Å²) in [6.45, 7) is 1.91.